The molecule has 0 aromatic rings. The van der Waals surface area contributed by atoms with Crippen LogP contribution < -0.4 is 0 Å². The van der Waals surface area contributed by atoms with Crippen LogP contribution in [0.25, 0.3) is 0 Å². The van der Waals surface area contributed by atoms with E-state index >= 15 is 0 Å². The summed E-state index contributed by atoms with van der Waals surface area (Å²) in [5, 5.41) is 26.7. The summed E-state index contributed by atoms with van der Waals surface area (Å²) in [6.45, 7) is 4.84. The first-order valence-corrected chi connectivity index (χ1v) is 5.55. The molecule has 8 nitrogen and oxygen atoms in total. The Balaban J connectivity index is 4.85. The molecule has 0 aliphatic heterocycles. The van der Waals surface area contributed by atoms with Gasteiger partial charge in [-0.1, -0.05) is 0 Å². The van der Waals surface area contributed by atoms with Crippen LogP contribution in [-0.2, 0) is 14.3 Å². The van der Waals surface area contributed by atoms with Gasteiger partial charge in [-0.2, -0.15) is 0 Å². The van der Waals surface area contributed by atoms with Crippen molar-refractivity contribution in [2.75, 3.05) is 7.05 Å². The monoisotopic (exact) mass is 277 g/mol. The molecule has 0 fully saturated rings. The highest BCUT2D eigenvalue weighted by Crippen LogP contribution is 2.13. The molecular formula is C11H19NO7. The predicted molar refractivity (Wildman–Crippen MR) is 63.7 cm³/mol. The predicted octanol–water partition coefficient (Wildman–Crippen LogP) is 0.142. The van der Waals surface area contributed by atoms with Crippen LogP contribution in [-0.4, -0.2) is 63.0 Å². The average molecular weight is 277 g/mol. The minimum atomic E-state index is -1.87. The summed E-state index contributed by atoms with van der Waals surface area (Å²) in [7, 11) is 1.17. The first kappa shape index (κ1) is 17.2. The number of carbonyl (C=O) groups excluding carboxylic acids is 1. The van der Waals surface area contributed by atoms with Gasteiger partial charge in [0.25, 0.3) is 0 Å². The van der Waals surface area contributed by atoms with Gasteiger partial charge in [-0.05, 0) is 20.8 Å². The summed E-state index contributed by atoms with van der Waals surface area (Å²) in [4.78, 5) is 33.9. The van der Waals surface area contributed by atoms with Crippen molar-refractivity contribution in [3.63, 3.8) is 0 Å². The van der Waals surface area contributed by atoms with E-state index in [1.807, 2.05) is 0 Å². The Morgan fingerprint density at radius 2 is 1.63 bits per heavy atom. The maximum Gasteiger partial charge on any atom is 0.410 e. The molecule has 19 heavy (non-hydrogen) atoms. The number of carbonyl (C=O) groups is 3. The van der Waals surface area contributed by atoms with Crippen molar-refractivity contribution in [3.8, 4) is 0 Å². The van der Waals surface area contributed by atoms with Crippen LogP contribution >= 0.6 is 0 Å². The minimum Gasteiger partial charge on any atom is -0.480 e. The Morgan fingerprint density at radius 1 is 1.16 bits per heavy atom. The van der Waals surface area contributed by atoms with Crippen molar-refractivity contribution >= 4 is 18.0 Å². The number of hydrogen-bond acceptors (Lipinski definition) is 5. The van der Waals surface area contributed by atoms with Crippen molar-refractivity contribution in [3.05, 3.63) is 0 Å². The van der Waals surface area contributed by atoms with E-state index in [0.29, 0.717) is 0 Å². The van der Waals surface area contributed by atoms with Gasteiger partial charge in [0, 0.05) is 13.5 Å². The first-order chi connectivity index (χ1) is 8.45. The molecule has 0 aromatic heterocycles. The number of carboxylic acid groups (broad SMARTS) is 2. The zero-order valence-corrected chi connectivity index (χ0v) is 11.3. The molecule has 0 saturated carbocycles. The Labute approximate surface area is 110 Å². The molecule has 0 aliphatic rings. The van der Waals surface area contributed by atoms with Crippen LogP contribution in [0.5, 0.6) is 0 Å². The van der Waals surface area contributed by atoms with Crippen molar-refractivity contribution in [2.24, 2.45) is 0 Å². The number of carboxylic acids is 2. The number of rotatable bonds is 5. The minimum absolute atomic E-state index is 0.625. The number of ether oxygens (including phenoxy) is 1. The summed E-state index contributed by atoms with van der Waals surface area (Å²) in [6, 6.07) is -1.49. The van der Waals surface area contributed by atoms with E-state index in [4.69, 9.17) is 20.1 Å². The zero-order chi connectivity index (χ0) is 15.4. The third-order valence-corrected chi connectivity index (χ3v) is 2.17. The molecule has 8 heteroatoms. The lowest BCUT2D eigenvalue weighted by atomic mass is 10.1. The number of nitrogens with zero attached hydrogens (tertiary/aromatic N) is 1. The molecule has 2 atom stereocenters. The number of aliphatic hydroxyl groups excluding tert-OH is 1. The Bertz CT molecular complexity index is 361. The summed E-state index contributed by atoms with van der Waals surface area (Å²) < 4.78 is 4.97. The fourth-order valence-corrected chi connectivity index (χ4v) is 1.20. The topological polar surface area (TPSA) is 124 Å². The van der Waals surface area contributed by atoms with Gasteiger partial charge in [0.05, 0.1) is 0 Å². The van der Waals surface area contributed by atoms with E-state index < -0.39 is 42.2 Å². The van der Waals surface area contributed by atoms with Crippen LogP contribution in [0.3, 0.4) is 0 Å². The van der Waals surface area contributed by atoms with E-state index in [1.54, 1.807) is 20.8 Å². The first-order valence-electron chi connectivity index (χ1n) is 5.55. The lowest BCUT2D eigenvalue weighted by molar-refractivity contribution is -0.150. The summed E-state index contributed by atoms with van der Waals surface area (Å²) in [5.41, 5.74) is -0.806. The number of aliphatic hydroxyl groups is 1. The molecule has 2 unspecified atom stereocenters. The molecule has 0 saturated heterocycles. The van der Waals surface area contributed by atoms with E-state index in [1.165, 1.54) is 7.05 Å². The van der Waals surface area contributed by atoms with Crippen LogP contribution in [0.2, 0.25) is 0 Å². The second-order valence-corrected chi connectivity index (χ2v) is 5.04. The Morgan fingerprint density at radius 3 is 1.95 bits per heavy atom. The van der Waals surface area contributed by atoms with Gasteiger partial charge < -0.3 is 20.1 Å². The van der Waals surface area contributed by atoms with Gasteiger partial charge in [-0.15, -0.1) is 0 Å². The van der Waals surface area contributed by atoms with Gasteiger partial charge in [0.15, 0.2) is 6.10 Å². The second kappa shape index (κ2) is 6.37. The molecule has 0 spiro atoms. The largest absolute Gasteiger partial charge is 0.480 e. The van der Waals surface area contributed by atoms with Crippen LogP contribution in [0.15, 0.2) is 0 Å². The Kier molecular flexibility index (Phi) is 5.76. The third-order valence-electron chi connectivity index (χ3n) is 2.17. The van der Waals surface area contributed by atoms with Crippen molar-refractivity contribution in [1.29, 1.82) is 0 Å². The highest BCUT2D eigenvalue weighted by atomic mass is 16.6. The number of hydrogen-bond donors (Lipinski definition) is 3. The van der Waals surface area contributed by atoms with Gasteiger partial charge in [0.2, 0.25) is 0 Å². The molecule has 0 radical (unpaired) electrons. The molecule has 0 bridgehead atoms. The molecule has 1 amide bonds. The lowest BCUT2D eigenvalue weighted by Gasteiger charge is -2.28. The highest BCUT2D eigenvalue weighted by molar-refractivity contribution is 5.81. The van der Waals surface area contributed by atoms with Crippen molar-refractivity contribution < 1.29 is 34.4 Å². The summed E-state index contributed by atoms with van der Waals surface area (Å²) in [6.07, 6.45) is -3.40. The fourth-order valence-electron chi connectivity index (χ4n) is 1.20. The summed E-state index contributed by atoms with van der Waals surface area (Å²) >= 11 is 0. The molecular weight excluding hydrogens is 258 g/mol. The van der Waals surface area contributed by atoms with Gasteiger partial charge >= 0.3 is 18.0 Å². The van der Waals surface area contributed by atoms with E-state index in [-0.39, 0.29) is 0 Å². The van der Waals surface area contributed by atoms with Gasteiger partial charge in [-0.25, -0.2) is 14.4 Å². The molecule has 0 heterocycles. The van der Waals surface area contributed by atoms with Crippen LogP contribution in [0.4, 0.5) is 4.79 Å². The summed E-state index contributed by atoms with van der Waals surface area (Å²) in [5.74, 6) is -2.97. The average Bonchev–Trinajstić information content (AvgIpc) is 2.21. The smallest absolute Gasteiger partial charge is 0.410 e. The molecule has 0 aliphatic carbocycles. The SMILES string of the molecule is CN(C(=O)OC(C)(C)C)C(CC(O)C(=O)O)C(=O)O. The fraction of sp³-hybridized carbons (Fsp3) is 0.727. The number of likely N-dealkylation sites (N-methyl/N-ethyl adjacent to an activating group) is 1. The maximum atomic E-state index is 11.7. The Hall–Kier alpha value is -1.83. The van der Waals surface area contributed by atoms with Crippen LogP contribution in [0.1, 0.15) is 27.2 Å². The highest BCUT2D eigenvalue weighted by Gasteiger charge is 2.33. The normalized spacial score (nSPS) is 14.4. The molecule has 0 aromatic carbocycles. The zero-order valence-electron chi connectivity index (χ0n) is 11.3. The van der Waals surface area contributed by atoms with Gasteiger partial charge in [0.1, 0.15) is 11.6 Å². The molecule has 3 N–H and O–H groups in total. The van der Waals surface area contributed by atoms with E-state index in [2.05, 4.69) is 0 Å². The van der Waals surface area contributed by atoms with Gasteiger partial charge in [-0.3, -0.25) is 4.90 Å². The molecule has 110 valence electrons. The van der Waals surface area contributed by atoms with E-state index in [0.717, 1.165) is 4.90 Å². The molecule has 0 rings (SSSR count). The standard InChI is InChI=1S/C11H19NO7/c1-11(2,3)19-10(18)12(4)6(8(14)15)5-7(13)9(16)17/h6-7,13H,5H2,1-4H3,(H,14,15)(H,16,17). The third kappa shape index (κ3) is 6.05. The van der Waals surface area contributed by atoms with Crippen LogP contribution in [0, 0.1) is 0 Å². The van der Waals surface area contributed by atoms with E-state index in [9.17, 15) is 14.4 Å². The second-order valence-electron chi connectivity index (χ2n) is 5.04. The maximum absolute atomic E-state index is 11.7. The number of aliphatic carboxylic acids is 2. The quantitative estimate of drug-likeness (QED) is 0.652. The lowest BCUT2D eigenvalue weighted by Crippen LogP contribution is -2.47. The van der Waals surface area contributed by atoms with Crippen molar-refractivity contribution in [1.82, 2.24) is 4.90 Å². The number of amides is 1. The van der Waals surface area contributed by atoms with Crippen molar-refractivity contribution in [2.45, 2.75) is 44.9 Å².